The lowest BCUT2D eigenvalue weighted by atomic mass is 9.78. The predicted octanol–water partition coefficient (Wildman–Crippen LogP) is 2.96. The number of carbonyl (C=O) groups is 1. The smallest absolute Gasteiger partial charge is 0.251 e. The lowest BCUT2D eigenvalue weighted by Gasteiger charge is -2.39. The van der Waals surface area contributed by atoms with Crippen molar-refractivity contribution in [1.82, 2.24) is 5.32 Å². The van der Waals surface area contributed by atoms with E-state index in [0.717, 1.165) is 22.0 Å². The molecule has 0 bridgehead atoms. The Bertz CT molecular complexity index is 368. The van der Waals surface area contributed by atoms with Crippen molar-refractivity contribution in [2.45, 2.75) is 31.7 Å². The highest BCUT2D eigenvalue weighted by molar-refractivity contribution is 14.1. The third-order valence-electron chi connectivity index (χ3n) is 2.98. The van der Waals surface area contributed by atoms with Crippen molar-refractivity contribution in [3.05, 3.63) is 33.4 Å². The van der Waals surface area contributed by atoms with Crippen LogP contribution in [-0.4, -0.2) is 11.4 Å². The molecule has 1 aromatic rings. The van der Waals surface area contributed by atoms with Crippen molar-refractivity contribution in [2.24, 2.45) is 0 Å². The summed E-state index contributed by atoms with van der Waals surface area (Å²) in [5, 5.41) is 3.09. The van der Waals surface area contributed by atoms with Gasteiger partial charge in [0.05, 0.1) is 0 Å². The maximum atomic E-state index is 11.9. The van der Waals surface area contributed by atoms with Crippen LogP contribution in [0, 0.1) is 3.57 Å². The van der Waals surface area contributed by atoms with E-state index < -0.39 is 0 Å². The highest BCUT2D eigenvalue weighted by atomic mass is 127. The summed E-state index contributed by atoms with van der Waals surface area (Å²) in [6.45, 7) is 2.11. The minimum absolute atomic E-state index is 0.0417. The normalized spacial score (nSPS) is 18.0. The highest BCUT2D eigenvalue weighted by Gasteiger charge is 2.33. The monoisotopic (exact) mass is 315 g/mol. The Hall–Kier alpha value is -0.580. The standard InChI is InChI=1S/C12H14INO/c1-12(7-2-8-12)14-11(15)9-3-5-10(13)6-4-9/h3-6H,2,7-8H2,1H3,(H,14,15). The summed E-state index contributed by atoms with van der Waals surface area (Å²) in [6.07, 6.45) is 3.43. The van der Waals surface area contributed by atoms with E-state index in [1.165, 1.54) is 6.42 Å². The fourth-order valence-corrected chi connectivity index (χ4v) is 2.14. The van der Waals surface area contributed by atoms with E-state index in [1.54, 1.807) is 0 Å². The van der Waals surface area contributed by atoms with E-state index in [9.17, 15) is 4.79 Å². The average molecular weight is 315 g/mol. The number of carbonyl (C=O) groups excluding carboxylic acids is 1. The van der Waals surface area contributed by atoms with E-state index in [-0.39, 0.29) is 11.4 Å². The maximum absolute atomic E-state index is 11.9. The Labute approximate surface area is 104 Å². The van der Waals surface area contributed by atoms with E-state index in [1.807, 2.05) is 24.3 Å². The molecular formula is C12H14INO. The molecule has 1 N–H and O–H groups in total. The van der Waals surface area contributed by atoms with Gasteiger partial charge in [-0.25, -0.2) is 0 Å². The van der Waals surface area contributed by atoms with Crippen LogP contribution in [0.3, 0.4) is 0 Å². The van der Waals surface area contributed by atoms with Crippen LogP contribution in [0.25, 0.3) is 0 Å². The molecule has 1 aliphatic rings. The minimum Gasteiger partial charge on any atom is -0.347 e. The molecule has 0 radical (unpaired) electrons. The molecule has 1 amide bonds. The molecule has 15 heavy (non-hydrogen) atoms. The van der Waals surface area contributed by atoms with Gasteiger partial charge in [-0.3, -0.25) is 4.79 Å². The third kappa shape index (κ3) is 2.51. The fraction of sp³-hybridized carbons (Fsp3) is 0.417. The first-order valence-electron chi connectivity index (χ1n) is 5.17. The van der Waals surface area contributed by atoms with Crippen LogP contribution in [0.1, 0.15) is 36.5 Å². The predicted molar refractivity (Wildman–Crippen MR) is 68.9 cm³/mol. The molecule has 0 heterocycles. The van der Waals surface area contributed by atoms with Crippen molar-refractivity contribution < 1.29 is 4.79 Å². The highest BCUT2D eigenvalue weighted by Crippen LogP contribution is 2.31. The lowest BCUT2D eigenvalue weighted by Crippen LogP contribution is -2.50. The molecule has 0 aromatic heterocycles. The number of hydrogen-bond acceptors (Lipinski definition) is 1. The summed E-state index contributed by atoms with van der Waals surface area (Å²) in [4.78, 5) is 11.9. The quantitative estimate of drug-likeness (QED) is 0.835. The first kappa shape index (κ1) is 10.9. The Kier molecular flexibility index (Phi) is 3.00. The van der Waals surface area contributed by atoms with Gasteiger partial charge in [-0.2, -0.15) is 0 Å². The van der Waals surface area contributed by atoms with Gasteiger partial charge in [0, 0.05) is 14.7 Å². The average Bonchev–Trinajstić information content (AvgIpc) is 2.16. The van der Waals surface area contributed by atoms with E-state index in [4.69, 9.17) is 0 Å². The summed E-state index contributed by atoms with van der Waals surface area (Å²) in [7, 11) is 0. The summed E-state index contributed by atoms with van der Waals surface area (Å²) in [5.74, 6) is 0.0496. The summed E-state index contributed by atoms with van der Waals surface area (Å²) in [5.41, 5.74) is 0.795. The molecule has 80 valence electrons. The van der Waals surface area contributed by atoms with Crippen molar-refractivity contribution in [1.29, 1.82) is 0 Å². The molecule has 0 saturated heterocycles. The number of benzene rings is 1. The molecule has 1 aromatic carbocycles. The van der Waals surface area contributed by atoms with E-state index in [2.05, 4.69) is 34.8 Å². The van der Waals surface area contributed by atoms with Crippen LogP contribution in [0.4, 0.5) is 0 Å². The van der Waals surface area contributed by atoms with Crippen LogP contribution in [0.2, 0.25) is 0 Å². The van der Waals surface area contributed by atoms with Gasteiger partial charge in [0.25, 0.3) is 5.91 Å². The number of nitrogens with one attached hydrogen (secondary N) is 1. The van der Waals surface area contributed by atoms with E-state index in [0.29, 0.717) is 0 Å². The molecule has 3 heteroatoms. The van der Waals surface area contributed by atoms with Gasteiger partial charge in [0.15, 0.2) is 0 Å². The fourth-order valence-electron chi connectivity index (χ4n) is 1.78. The van der Waals surface area contributed by atoms with Crippen LogP contribution in [0.15, 0.2) is 24.3 Å². The van der Waals surface area contributed by atoms with Gasteiger partial charge in [0.2, 0.25) is 0 Å². The first-order valence-corrected chi connectivity index (χ1v) is 6.25. The van der Waals surface area contributed by atoms with Gasteiger partial charge in [-0.1, -0.05) is 0 Å². The lowest BCUT2D eigenvalue weighted by molar-refractivity contribution is 0.0850. The van der Waals surface area contributed by atoms with E-state index >= 15 is 0 Å². The zero-order chi connectivity index (χ0) is 10.9. The van der Waals surface area contributed by atoms with Crippen molar-refractivity contribution in [3.63, 3.8) is 0 Å². The number of amides is 1. The zero-order valence-electron chi connectivity index (χ0n) is 8.72. The van der Waals surface area contributed by atoms with Gasteiger partial charge in [0.1, 0.15) is 0 Å². The van der Waals surface area contributed by atoms with Crippen LogP contribution in [-0.2, 0) is 0 Å². The van der Waals surface area contributed by atoms with Gasteiger partial charge in [-0.15, -0.1) is 0 Å². The zero-order valence-corrected chi connectivity index (χ0v) is 10.9. The molecule has 0 atom stereocenters. The second-order valence-electron chi connectivity index (χ2n) is 4.38. The van der Waals surface area contributed by atoms with Crippen molar-refractivity contribution in [3.8, 4) is 0 Å². The topological polar surface area (TPSA) is 29.1 Å². The molecule has 1 saturated carbocycles. The Morgan fingerprint density at radius 3 is 2.40 bits per heavy atom. The van der Waals surface area contributed by atoms with Gasteiger partial charge in [-0.05, 0) is 73.0 Å². The van der Waals surface area contributed by atoms with Gasteiger partial charge < -0.3 is 5.32 Å². The molecule has 2 rings (SSSR count). The molecule has 0 aliphatic heterocycles. The second kappa shape index (κ2) is 4.12. The van der Waals surface area contributed by atoms with Crippen molar-refractivity contribution >= 4 is 28.5 Å². The number of hydrogen-bond donors (Lipinski definition) is 1. The Morgan fingerprint density at radius 2 is 1.93 bits per heavy atom. The minimum atomic E-state index is 0.0417. The number of rotatable bonds is 2. The van der Waals surface area contributed by atoms with Crippen LogP contribution < -0.4 is 5.32 Å². The Morgan fingerprint density at radius 1 is 1.33 bits per heavy atom. The molecule has 0 unspecified atom stereocenters. The Balaban J connectivity index is 2.04. The molecule has 0 spiro atoms. The molecule has 2 nitrogen and oxygen atoms in total. The number of halogens is 1. The van der Waals surface area contributed by atoms with Gasteiger partial charge >= 0.3 is 0 Å². The SMILES string of the molecule is CC1(NC(=O)c2ccc(I)cc2)CCC1. The summed E-state index contributed by atoms with van der Waals surface area (Å²) < 4.78 is 1.15. The summed E-state index contributed by atoms with van der Waals surface area (Å²) >= 11 is 2.23. The maximum Gasteiger partial charge on any atom is 0.251 e. The largest absolute Gasteiger partial charge is 0.347 e. The second-order valence-corrected chi connectivity index (χ2v) is 5.62. The summed E-state index contributed by atoms with van der Waals surface area (Å²) in [6, 6.07) is 7.66. The van der Waals surface area contributed by atoms with Crippen LogP contribution >= 0.6 is 22.6 Å². The molecule has 1 aliphatic carbocycles. The first-order chi connectivity index (χ1) is 7.09. The third-order valence-corrected chi connectivity index (χ3v) is 3.70. The molecular weight excluding hydrogens is 301 g/mol. The van der Waals surface area contributed by atoms with Crippen molar-refractivity contribution in [2.75, 3.05) is 0 Å². The van der Waals surface area contributed by atoms with Crippen LogP contribution in [0.5, 0.6) is 0 Å². The molecule has 1 fully saturated rings.